The van der Waals surface area contributed by atoms with Crippen LogP contribution in [-0.4, -0.2) is 49.3 Å². The standard InChI is InChI=1S/C35H37N3O5S2/c1-17(2)44-15-19-7-9-24-21(11-19)28-29-23(14-36-32(29)39)27-22-12-20(16-45-18(3)4)8-10-25(22)38-31(27)30(28)37(24)26-13-35(41,33(40)42-6)34(38,5)43-26/h7-12,17-18,26,41H,13-16H2,1-6H3,(H,36,39)/t26-,34+,35-/m1/s1. The summed E-state index contributed by atoms with van der Waals surface area (Å²) in [5, 5.41) is 20.3. The molecule has 8 nitrogen and oxygen atoms in total. The fourth-order valence-electron chi connectivity index (χ4n) is 7.79. The molecule has 1 saturated heterocycles. The van der Waals surface area contributed by atoms with Crippen molar-refractivity contribution in [2.45, 2.75) is 87.1 Å². The Hall–Kier alpha value is -3.18. The maximum atomic E-state index is 13.8. The highest BCUT2D eigenvalue weighted by atomic mass is 32.2. The van der Waals surface area contributed by atoms with Gasteiger partial charge in [0.25, 0.3) is 5.91 Å². The number of carbonyl (C=O) groups is 2. The van der Waals surface area contributed by atoms with Gasteiger partial charge in [-0.25, -0.2) is 4.79 Å². The predicted molar refractivity (Wildman–Crippen MR) is 182 cm³/mol. The minimum absolute atomic E-state index is 0.00695. The number of nitrogens with one attached hydrogen (secondary N) is 1. The second-order valence-electron chi connectivity index (χ2n) is 13.2. The quantitative estimate of drug-likeness (QED) is 0.186. The Morgan fingerprint density at radius 2 is 1.64 bits per heavy atom. The number of hydrogen-bond acceptors (Lipinski definition) is 7. The van der Waals surface area contributed by atoms with E-state index in [0.29, 0.717) is 22.6 Å². The van der Waals surface area contributed by atoms with Crippen LogP contribution in [-0.2, 0) is 38.0 Å². The van der Waals surface area contributed by atoms with E-state index in [4.69, 9.17) is 9.47 Å². The SMILES string of the molecule is COC(=O)[C@]1(O)C[C@H]2O[C@]1(C)n1c3ccc(CSC(C)C)cc3c3c4c(c5c6cc(CSC(C)C)ccc6n2c5c31)C(=O)NC4. The Kier molecular flexibility index (Phi) is 6.44. The van der Waals surface area contributed by atoms with Crippen LogP contribution in [0.15, 0.2) is 36.4 Å². The highest BCUT2D eigenvalue weighted by Gasteiger charge is 2.65. The van der Waals surface area contributed by atoms with Gasteiger partial charge in [0.15, 0.2) is 5.72 Å². The third-order valence-corrected chi connectivity index (χ3v) is 12.2. The third-order valence-electron chi connectivity index (χ3n) is 9.84. The van der Waals surface area contributed by atoms with Gasteiger partial charge in [-0.05, 0) is 58.4 Å². The molecule has 3 aromatic carbocycles. The number of benzene rings is 3. The van der Waals surface area contributed by atoms with Crippen molar-refractivity contribution in [2.24, 2.45) is 0 Å². The molecule has 3 aliphatic rings. The number of ether oxygens (including phenoxy) is 2. The lowest BCUT2D eigenvalue weighted by atomic mass is 9.88. The van der Waals surface area contributed by atoms with Gasteiger partial charge in [0, 0.05) is 46.0 Å². The lowest BCUT2D eigenvalue weighted by Crippen LogP contribution is -2.56. The van der Waals surface area contributed by atoms with Crippen LogP contribution in [0, 0.1) is 0 Å². The van der Waals surface area contributed by atoms with Gasteiger partial charge < -0.3 is 29.0 Å². The van der Waals surface area contributed by atoms with Crippen LogP contribution in [0.4, 0.5) is 0 Å². The van der Waals surface area contributed by atoms with E-state index in [9.17, 15) is 14.7 Å². The lowest BCUT2D eigenvalue weighted by Gasteiger charge is -2.37. The zero-order chi connectivity index (χ0) is 31.6. The summed E-state index contributed by atoms with van der Waals surface area (Å²) in [6, 6.07) is 12.9. The molecule has 10 heteroatoms. The molecule has 45 heavy (non-hydrogen) atoms. The van der Waals surface area contributed by atoms with Crippen LogP contribution in [0.1, 0.15) is 74.3 Å². The molecule has 5 aromatic rings. The molecule has 0 unspecified atom stereocenters. The van der Waals surface area contributed by atoms with E-state index in [2.05, 4.69) is 74.0 Å². The maximum Gasteiger partial charge on any atom is 0.343 e. The first-order valence-electron chi connectivity index (χ1n) is 15.6. The fraction of sp³-hybridized carbons (Fsp3) is 0.429. The molecule has 1 amide bonds. The molecule has 0 spiro atoms. The van der Waals surface area contributed by atoms with Crippen LogP contribution in [0.25, 0.3) is 43.6 Å². The average molecular weight is 644 g/mol. The number of amides is 1. The normalized spacial score (nSPS) is 23.8. The number of methoxy groups -OCH3 is 1. The van der Waals surface area contributed by atoms with Gasteiger partial charge in [-0.3, -0.25) is 4.79 Å². The summed E-state index contributed by atoms with van der Waals surface area (Å²) in [6.45, 7) is 11.0. The van der Waals surface area contributed by atoms with E-state index in [-0.39, 0.29) is 12.3 Å². The van der Waals surface area contributed by atoms with Gasteiger partial charge in [0.05, 0.1) is 34.7 Å². The summed E-state index contributed by atoms with van der Waals surface area (Å²) in [7, 11) is 1.31. The van der Waals surface area contributed by atoms with Crippen LogP contribution in [0.2, 0.25) is 0 Å². The number of fused-ring (bicyclic) bond motifs is 13. The Labute approximate surface area is 269 Å². The molecule has 2 aromatic heterocycles. The third kappa shape index (κ3) is 3.82. The van der Waals surface area contributed by atoms with Crippen LogP contribution in [0.3, 0.4) is 0 Å². The number of thioether (sulfide) groups is 2. The number of carbonyl (C=O) groups excluding carboxylic acids is 2. The van der Waals surface area contributed by atoms with Gasteiger partial charge in [-0.2, -0.15) is 23.5 Å². The summed E-state index contributed by atoms with van der Waals surface area (Å²) >= 11 is 3.75. The molecule has 0 saturated carbocycles. The molecule has 1 fully saturated rings. The summed E-state index contributed by atoms with van der Waals surface area (Å²) in [6.07, 6.45) is -0.662. The minimum Gasteiger partial charge on any atom is -0.467 e. The van der Waals surface area contributed by atoms with Crippen molar-refractivity contribution in [1.82, 2.24) is 14.5 Å². The molecule has 2 bridgehead atoms. The van der Waals surface area contributed by atoms with Crippen molar-refractivity contribution in [3.8, 4) is 0 Å². The van der Waals surface area contributed by atoms with Gasteiger partial charge in [0.2, 0.25) is 5.60 Å². The fourth-order valence-corrected chi connectivity index (χ4v) is 9.20. The molecular formula is C35H37N3O5S2. The van der Waals surface area contributed by atoms with Crippen LogP contribution >= 0.6 is 23.5 Å². The molecule has 0 radical (unpaired) electrons. The van der Waals surface area contributed by atoms with E-state index in [1.807, 2.05) is 28.1 Å². The van der Waals surface area contributed by atoms with Crippen molar-refractivity contribution in [3.63, 3.8) is 0 Å². The molecule has 5 heterocycles. The molecule has 234 valence electrons. The van der Waals surface area contributed by atoms with E-state index < -0.39 is 23.5 Å². The van der Waals surface area contributed by atoms with Crippen LogP contribution in [0.5, 0.6) is 0 Å². The predicted octanol–water partition coefficient (Wildman–Crippen LogP) is 6.94. The molecule has 2 N–H and O–H groups in total. The van der Waals surface area contributed by atoms with Crippen LogP contribution < -0.4 is 5.32 Å². The molecule has 0 aliphatic carbocycles. The summed E-state index contributed by atoms with van der Waals surface area (Å²) in [5.74, 6) is 0.901. The van der Waals surface area contributed by atoms with E-state index >= 15 is 0 Å². The highest BCUT2D eigenvalue weighted by molar-refractivity contribution is 7.99. The first-order chi connectivity index (χ1) is 21.5. The Balaban J connectivity index is 1.56. The van der Waals surface area contributed by atoms with Crippen molar-refractivity contribution in [1.29, 1.82) is 0 Å². The van der Waals surface area contributed by atoms with Crippen molar-refractivity contribution in [3.05, 3.63) is 58.7 Å². The lowest BCUT2D eigenvalue weighted by molar-refractivity contribution is -0.202. The summed E-state index contributed by atoms with van der Waals surface area (Å²) in [5.41, 5.74) is 4.10. The second kappa shape index (κ2) is 9.91. The Morgan fingerprint density at radius 1 is 1.02 bits per heavy atom. The van der Waals surface area contributed by atoms with Gasteiger partial charge >= 0.3 is 5.97 Å². The monoisotopic (exact) mass is 643 g/mol. The molecule has 8 rings (SSSR count). The minimum atomic E-state index is -1.96. The average Bonchev–Trinajstić information content (AvgIpc) is 3.70. The summed E-state index contributed by atoms with van der Waals surface area (Å²) in [4.78, 5) is 27.3. The van der Waals surface area contributed by atoms with Gasteiger partial charge in [0.1, 0.15) is 6.23 Å². The Bertz CT molecular complexity index is 2110. The van der Waals surface area contributed by atoms with E-state index in [0.717, 1.165) is 60.7 Å². The molecule has 3 atom stereocenters. The number of nitrogens with zero attached hydrogens (tertiary/aromatic N) is 2. The van der Waals surface area contributed by atoms with Crippen molar-refractivity contribution in [2.75, 3.05) is 7.11 Å². The second-order valence-corrected chi connectivity index (χ2v) is 16.4. The smallest absolute Gasteiger partial charge is 0.343 e. The van der Waals surface area contributed by atoms with Gasteiger partial charge in [-0.15, -0.1) is 0 Å². The number of aliphatic hydroxyl groups is 1. The molecule has 3 aliphatic heterocycles. The number of esters is 1. The highest BCUT2D eigenvalue weighted by Crippen LogP contribution is 2.58. The van der Waals surface area contributed by atoms with Crippen molar-refractivity contribution >= 4 is 79.0 Å². The number of rotatable bonds is 7. The number of aromatic nitrogens is 2. The van der Waals surface area contributed by atoms with E-state index in [1.165, 1.54) is 18.2 Å². The first kappa shape index (κ1) is 29.2. The maximum absolute atomic E-state index is 13.8. The van der Waals surface area contributed by atoms with E-state index in [1.54, 1.807) is 6.92 Å². The molecular weight excluding hydrogens is 607 g/mol. The van der Waals surface area contributed by atoms with Crippen molar-refractivity contribution < 1.29 is 24.2 Å². The zero-order valence-corrected chi connectivity index (χ0v) is 27.9. The number of hydrogen-bond donors (Lipinski definition) is 2. The Morgan fingerprint density at radius 3 is 2.27 bits per heavy atom. The summed E-state index contributed by atoms with van der Waals surface area (Å²) < 4.78 is 16.3. The van der Waals surface area contributed by atoms with Gasteiger partial charge in [-0.1, -0.05) is 39.8 Å². The zero-order valence-electron chi connectivity index (χ0n) is 26.3. The topological polar surface area (TPSA) is 94.7 Å². The first-order valence-corrected chi connectivity index (χ1v) is 17.7. The largest absolute Gasteiger partial charge is 0.467 e.